The molecule has 0 aromatic heterocycles. The summed E-state index contributed by atoms with van der Waals surface area (Å²) in [5.74, 6) is 1.23. The normalized spacial score (nSPS) is 22.3. The summed E-state index contributed by atoms with van der Waals surface area (Å²) in [7, 11) is 1.59. The van der Waals surface area contributed by atoms with E-state index >= 15 is 0 Å². The molecule has 0 unspecified atom stereocenters. The maximum atomic E-state index is 13.1. The first kappa shape index (κ1) is 27.9. The molecule has 0 atom stereocenters. The van der Waals surface area contributed by atoms with Crippen LogP contribution in [-0.2, 0) is 14.8 Å². The topological polar surface area (TPSA) is 91.0 Å². The highest BCUT2D eigenvalue weighted by atomic mass is 32.2. The Balaban J connectivity index is 1.40. The number of sulfonamides is 1. The molecule has 1 amide bonds. The average Bonchev–Trinajstić information content (AvgIpc) is 2.82. The number of hydrogen-bond acceptors (Lipinski definition) is 6. The smallest absolute Gasteiger partial charge is 0.243 e. The molecular weight excluding hydrogens is 464 g/mol. The Kier molecular flexibility index (Phi) is 9.98. The number of rotatable bonds is 10. The van der Waals surface area contributed by atoms with Crippen molar-refractivity contribution in [2.45, 2.75) is 75.8 Å². The van der Waals surface area contributed by atoms with Crippen LogP contribution in [0.2, 0.25) is 0 Å². The van der Waals surface area contributed by atoms with E-state index in [2.05, 4.69) is 22.6 Å². The first-order chi connectivity index (χ1) is 16.6. The molecule has 9 heteroatoms. The van der Waals surface area contributed by atoms with E-state index < -0.39 is 10.0 Å². The first-order valence-corrected chi connectivity index (χ1v) is 14.4. The van der Waals surface area contributed by atoms with Crippen molar-refractivity contribution < 1.29 is 17.9 Å². The maximum absolute atomic E-state index is 13.1. The molecule has 198 valence electrons. The van der Waals surface area contributed by atoms with Crippen molar-refractivity contribution in [2.75, 3.05) is 47.4 Å². The Labute approximate surface area is 211 Å². The zero-order chi connectivity index (χ0) is 25.6. The molecule has 3 rings (SSSR count). The summed E-state index contributed by atoms with van der Waals surface area (Å²) in [5, 5.41) is 6.89. The van der Waals surface area contributed by atoms with Gasteiger partial charge in [-0.2, -0.15) is 0 Å². The van der Waals surface area contributed by atoms with Gasteiger partial charge in [-0.25, -0.2) is 12.7 Å². The van der Waals surface area contributed by atoms with Crippen molar-refractivity contribution in [3.8, 4) is 5.75 Å². The second-order valence-electron chi connectivity index (χ2n) is 10.4. The van der Waals surface area contributed by atoms with Crippen LogP contribution < -0.4 is 15.4 Å². The number of ether oxygens (including phenoxy) is 1. The van der Waals surface area contributed by atoms with Gasteiger partial charge in [0.2, 0.25) is 15.9 Å². The summed E-state index contributed by atoms with van der Waals surface area (Å²) in [5.41, 5.74) is 1.28. The molecule has 2 aliphatic rings. The summed E-state index contributed by atoms with van der Waals surface area (Å²) in [4.78, 5) is 15.2. The monoisotopic (exact) mass is 508 g/mol. The number of carbonyl (C=O) groups is 1. The molecule has 0 bridgehead atoms. The molecule has 0 spiro atoms. The average molecular weight is 509 g/mol. The zero-order valence-electron chi connectivity index (χ0n) is 22.1. The van der Waals surface area contributed by atoms with Gasteiger partial charge in [0.25, 0.3) is 0 Å². The predicted molar refractivity (Wildman–Crippen MR) is 139 cm³/mol. The number of piperidine rings is 1. The molecule has 1 aliphatic carbocycles. The highest BCUT2D eigenvalue weighted by molar-refractivity contribution is 7.89. The van der Waals surface area contributed by atoms with Gasteiger partial charge in [-0.3, -0.25) is 4.79 Å². The Bertz CT molecular complexity index is 929. The van der Waals surface area contributed by atoms with Crippen molar-refractivity contribution >= 4 is 15.9 Å². The third kappa shape index (κ3) is 7.65. The lowest BCUT2D eigenvalue weighted by Gasteiger charge is -2.33. The number of aryl methyl sites for hydroxylation is 2. The van der Waals surface area contributed by atoms with Gasteiger partial charge in [-0.15, -0.1) is 0 Å². The summed E-state index contributed by atoms with van der Waals surface area (Å²) in [6, 6.07) is 4.28. The van der Waals surface area contributed by atoms with Crippen LogP contribution >= 0.6 is 0 Å². The maximum Gasteiger partial charge on any atom is 0.243 e. The van der Waals surface area contributed by atoms with Crippen molar-refractivity contribution in [2.24, 2.45) is 5.92 Å². The van der Waals surface area contributed by atoms with E-state index in [1.54, 1.807) is 33.1 Å². The van der Waals surface area contributed by atoms with Crippen LogP contribution in [0, 0.1) is 19.8 Å². The number of hydrogen-bond donors (Lipinski definition) is 2. The van der Waals surface area contributed by atoms with E-state index in [1.807, 2.05) is 0 Å². The number of likely N-dealkylation sites (tertiary alicyclic amines) is 1. The van der Waals surface area contributed by atoms with E-state index in [9.17, 15) is 13.2 Å². The molecule has 2 N–H and O–H groups in total. The predicted octanol–water partition coefficient (Wildman–Crippen LogP) is 2.68. The molecule has 1 saturated heterocycles. The van der Waals surface area contributed by atoms with Gasteiger partial charge >= 0.3 is 0 Å². The fourth-order valence-corrected chi connectivity index (χ4v) is 6.90. The minimum atomic E-state index is -3.69. The van der Waals surface area contributed by atoms with E-state index in [4.69, 9.17) is 4.74 Å². The minimum Gasteiger partial charge on any atom is -0.497 e. The molecule has 1 aliphatic heterocycles. The molecule has 1 aromatic rings. The minimum absolute atomic E-state index is 0.0804. The standard InChI is InChI=1S/C26H44N4O4S/c1-19-16-24(34-5)17-20(2)26(19)35(32,33)30(4)15-12-25(31)28-23-8-6-21(7-9-23)18-27-22-10-13-29(3)14-11-22/h16-17,21-23,27H,6-15,18H2,1-5H3,(H,28,31)/t21-,23+. The van der Waals surface area contributed by atoms with Crippen molar-refractivity contribution in [3.63, 3.8) is 0 Å². The lowest BCUT2D eigenvalue weighted by Crippen LogP contribution is -2.44. The Morgan fingerprint density at radius 1 is 1.06 bits per heavy atom. The van der Waals surface area contributed by atoms with Gasteiger partial charge < -0.3 is 20.3 Å². The van der Waals surface area contributed by atoms with Gasteiger partial charge in [0.05, 0.1) is 12.0 Å². The summed E-state index contributed by atoms with van der Waals surface area (Å²) >= 11 is 0. The first-order valence-electron chi connectivity index (χ1n) is 12.9. The molecular formula is C26H44N4O4S. The number of benzene rings is 1. The Morgan fingerprint density at radius 2 is 1.66 bits per heavy atom. The van der Waals surface area contributed by atoms with Gasteiger partial charge in [0.15, 0.2) is 0 Å². The zero-order valence-corrected chi connectivity index (χ0v) is 22.9. The number of methoxy groups -OCH3 is 1. The molecule has 0 radical (unpaired) electrons. The Hall–Kier alpha value is -1.68. The van der Waals surface area contributed by atoms with Crippen molar-refractivity contribution in [1.82, 2.24) is 19.8 Å². The van der Waals surface area contributed by atoms with Crippen molar-refractivity contribution in [1.29, 1.82) is 0 Å². The SMILES string of the molecule is COc1cc(C)c(S(=O)(=O)N(C)CCC(=O)N[C@H]2CC[C@@H](CNC3CCN(C)CC3)CC2)c(C)c1. The van der Waals surface area contributed by atoms with E-state index in [-0.39, 0.29) is 29.8 Å². The lowest BCUT2D eigenvalue weighted by atomic mass is 9.85. The van der Waals surface area contributed by atoms with Crippen LogP contribution in [0.5, 0.6) is 5.75 Å². The van der Waals surface area contributed by atoms with Crippen molar-refractivity contribution in [3.05, 3.63) is 23.3 Å². The van der Waals surface area contributed by atoms with E-state index in [1.165, 1.54) is 37.3 Å². The quantitative estimate of drug-likeness (QED) is 0.505. The molecule has 1 heterocycles. The van der Waals surface area contributed by atoms with Crippen LogP contribution in [0.25, 0.3) is 0 Å². The van der Waals surface area contributed by atoms with E-state index in [0.29, 0.717) is 28.8 Å². The van der Waals surface area contributed by atoms with Crippen LogP contribution in [-0.4, -0.2) is 83.0 Å². The molecule has 8 nitrogen and oxygen atoms in total. The largest absolute Gasteiger partial charge is 0.497 e. The fourth-order valence-electron chi connectivity index (χ4n) is 5.33. The van der Waals surface area contributed by atoms with Gasteiger partial charge in [-0.05, 0) is 108 Å². The second kappa shape index (κ2) is 12.5. The fraction of sp³-hybridized carbons (Fsp3) is 0.731. The third-order valence-corrected chi connectivity index (χ3v) is 9.78. The molecule has 1 aromatic carbocycles. The second-order valence-corrected chi connectivity index (χ2v) is 12.4. The third-order valence-electron chi connectivity index (χ3n) is 7.62. The summed E-state index contributed by atoms with van der Waals surface area (Å²) in [6.45, 7) is 7.10. The van der Waals surface area contributed by atoms with Crippen LogP contribution in [0.1, 0.15) is 56.1 Å². The van der Waals surface area contributed by atoms with Crippen LogP contribution in [0.3, 0.4) is 0 Å². The number of nitrogens with one attached hydrogen (secondary N) is 2. The van der Waals surface area contributed by atoms with Crippen LogP contribution in [0.15, 0.2) is 17.0 Å². The van der Waals surface area contributed by atoms with Gasteiger partial charge in [0, 0.05) is 32.1 Å². The molecule has 2 fully saturated rings. The number of amides is 1. The Morgan fingerprint density at radius 3 is 2.23 bits per heavy atom. The lowest BCUT2D eigenvalue weighted by molar-refractivity contribution is -0.122. The number of carbonyl (C=O) groups excluding carboxylic acids is 1. The van der Waals surface area contributed by atoms with Gasteiger partial charge in [-0.1, -0.05) is 0 Å². The molecule has 35 heavy (non-hydrogen) atoms. The summed E-state index contributed by atoms with van der Waals surface area (Å²) in [6.07, 6.45) is 6.83. The van der Waals surface area contributed by atoms with Crippen LogP contribution in [0.4, 0.5) is 0 Å². The van der Waals surface area contributed by atoms with E-state index in [0.717, 1.165) is 32.2 Å². The summed E-state index contributed by atoms with van der Waals surface area (Å²) < 4.78 is 32.8. The highest BCUT2D eigenvalue weighted by Crippen LogP contribution is 2.28. The van der Waals surface area contributed by atoms with Gasteiger partial charge in [0.1, 0.15) is 5.75 Å². The highest BCUT2D eigenvalue weighted by Gasteiger charge is 2.27. The molecule has 1 saturated carbocycles. The number of nitrogens with zero attached hydrogens (tertiary/aromatic N) is 2.